The van der Waals surface area contributed by atoms with Crippen LogP contribution in [-0.4, -0.2) is 40.9 Å². The van der Waals surface area contributed by atoms with Gasteiger partial charge in [-0.1, -0.05) is 0 Å². The molecule has 0 radical (unpaired) electrons. The molecule has 7 heteroatoms. The SMILES string of the molecule is N#Cc1cc(Oc2ccc(C(=O)N[C@H]3CN4CCC3CC4)cc2)ns1. The maximum Gasteiger partial charge on any atom is 0.251 e. The van der Waals surface area contributed by atoms with Gasteiger partial charge in [-0.15, -0.1) is 0 Å². The lowest BCUT2D eigenvalue weighted by Gasteiger charge is -2.44. The van der Waals surface area contributed by atoms with Crippen LogP contribution in [0.15, 0.2) is 30.3 Å². The smallest absolute Gasteiger partial charge is 0.251 e. The van der Waals surface area contributed by atoms with Crippen LogP contribution in [-0.2, 0) is 0 Å². The zero-order chi connectivity index (χ0) is 17.2. The summed E-state index contributed by atoms with van der Waals surface area (Å²) in [6, 6.07) is 10.9. The monoisotopic (exact) mass is 354 g/mol. The molecule has 5 rings (SSSR count). The van der Waals surface area contributed by atoms with Crippen molar-refractivity contribution in [1.29, 1.82) is 5.26 Å². The third kappa shape index (κ3) is 3.50. The summed E-state index contributed by atoms with van der Waals surface area (Å²) in [6.45, 7) is 3.28. The van der Waals surface area contributed by atoms with Gasteiger partial charge < -0.3 is 15.0 Å². The number of nitrogens with zero attached hydrogens (tertiary/aromatic N) is 3. The lowest BCUT2D eigenvalue weighted by molar-refractivity contribution is 0.0620. The number of amides is 1. The van der Waals surface area contributed by atoms with E-state index < -0.39 is 0 Å². The Balaban J connectivity index is 1.38. The molecule has 3 aliphatic heterocycles. The average molecular weight is 354 g/mol. The number of rotatable bonds is 4. The predicted octanol–water partition coefficient (Wildman–Crippen LogP) is 2.63. The first kappa shape index (κ1) is 16.1. The van der Waals surface area contributed by atoms with Crippen LogP contribution in [0.3, 0.4) is 0 Å². The Hall–Kier alpha value is -2.43. The van der Waals surface area contributed by atoms with E-state index in [0.717, 1.165) is 31.2 Å². The molecule has 1 atom stereocenters. The van der Waals surface area contributed by atoms with Gasteiger partial charge in [-0.2, -0.15) is 9.64 Å². The third-order valence-corrected chi connectivity index (χ3v) is 5.59. The van der Waals surface area contributed by atoms with Gasteiger partial charge in [0.15, 0.2) is 0 Å². The molecule has 1 N–H and O–H groups in total. The molecule has 0 spiro atoms. The van der Waals surface area contributed by atoms with Gasteiger partial charge in [0.2, 0.25) is 5.88 Å². The van der Waals surface area contributed by atoms with E-state index >= 15 is 0 Å². The van der Waals surface area contributed by atoms with Crippen molar-refractivity contribution in [2.75, 3.05) is 19.6 Å². The molecule has 2 bridgehead atoms. The Morgan fingerprint density at radius 1 is 1.32 bits per heavy atom. The van der Waals surface area contributed by atoms with Crippen LogP contribution in [0.1, 0.15) is 28.1 Å². The normalized spacial score (nSPS) is 24.5. The van der Waals surface area contributed by atoms with Gasteiger partial charge in [0.05, 0.1) is 0 Å². The number of nitriles is 1. The second-order valence-electron chi connectivity index (χ2n) is 6.49. The number of carbonyl (C=O) groups is 1. The largest absolute Gasteiger partial charge is 0.438 e. The summed E-state index contributed by atoms with van der Waals surface area (Å²) in [7, 11) is 0. The zero-order valence-corrected chi connectivity index (χ0v) is 14.5. The third-order valence-electron chi connectivity index (χ3n) is 4.91. The second-order valence-corrected chi connectivity index (χ2v) is 7.29. The molecule has 6 nitrogen and oxygen atoms in total. The standard InChI is InChI=1S/C18H18N4O2S/c19-10-15-9-17(21-25-15)24-14-3-1-13(2-4-14)18(23)20-16-11-22-7-5-12(16)6-8-22/h1-4,9,12,16H,5-8,11H2,(H,20,23)/t16-/m0/s1. The Morgan fingerprint density at radius 3 is 2.68 bits per heavy atom. The number of piperidine rings is 3. The van der Waals surface area contributed by atoms with Crippen LogP contribution >= 0.6 is 11.5 Å². The van der Waals surface area contributed by atoms with E-state index in [1.165, 1.54) is 12.8 Å². The molecule has 1 aromatic carbocycles. The second kappa shape index (κ2) is 6.82. The summed E-state index contributed by atoms with van der Waals surface area (Å²) in [4.78, 5) is 15.4. The maximum absolute atomic E-state index is 12.5. The number of nitrogens with one attached hydrogen (secondary N) is 1. The van der Waals surface area contributed by atoms with Crippen molar-refractivity contribution < 1.29 is 9.53 Å². The molecule has 3 aliphatic rings. The number of carbonyl (C=O) groups excluding carboxylic acids is 1. The Bertz CT molecular complexity index is 803. The molecule has 0 saturated carbocycles. The summed E-state index contributed by atoms with van der Waals surface area (Å²) in [6.07, 6.45) is 2.35. The van der Waals surface area contributed by atoms with Crippen LogP contribution in [0.2, 0.25) is 0 Å². The van der Waals surface area contributed by atoms with Crippen molar-refractivity contribution in [3.05, 3.63) is 40.8 Å². The summed E-state index contributed by atoms with van der Waals surface area (Å²) in [5.74, 6) is 1.56. The van der Waals surface area contributed by atoms with Crippen LogP contribution in [0.5, 0.6) is 11.6 Å². The highest BCUT2D eigenvalue weighted by molar-refractivity contribution is 7.06. The summed E-state index contributed by atoms with van der Waals surface area (Å²) in [5.41, 5.74) is 0.625. The quantitative estimate of drug-likeness (QED) is 0.913. The first-order valence-electron chi connectivity index (χ1n) is 8.39. The molecule has 3 saturated heterocycles. The van der Waals surface area contributed by atoms with E-state index in [2.05, 4.69) is 14.6 Å². The molecule has 1 aromatic heterocycles. The van der Waals surface area contributed by atoms with E-state index in [4.69, 9.17) is 10.00 Å². The van der Waals surface area contributed by atoms with Crippen molar-refractivity contribution in [3.63, 3.8) is 0 Å². The lowest BCUT2D eigenvalue weighted by Crippen LogP contribution is -2.57. The van der Waals surface area contributed by atoms with Gasteiger partial charge in [0, 0.05) is 24.2 Å². The number of aromatic nitrogens is 1. The van der Waals surface area contributed by atoms with Gasteiger partial charge in [0.1, 0.15) is 16.7 Å². The first-order chi connectivity index (χ1) is 12.2. The first-order valence-corrected chi connectivity index (χ1v) is 9.16. The van der Waals surface area contributed by atoms with Crippen LogP contribution in [0.25, 0.3) is 0 Å². The van der Waals surface area contributed by atoms with Gasteiger partial charge in [-0.3, -0.25) is 4.79 Å². The van der Waals surface area contributed by atoms with Crippen LogP contribution < -0.4 is 10.1 Å². The average Bonchev–Trinajstić information content (AvgIpc) is 3.11. The minimum absolute atomic E-state index is 0.0364. The lowest BCUT2D eigenvalue weighted by atomic mass is 9.84. The molecular formula is C18H18N4O2S. The Labute approximate surface area is 150 Å². The molecule has 0 unspecified atom stereocenters. The predicted molar refractivity (Wildman–Crippen MR) is 93.8 cm³/mol. The van der Waals surface area contributed by atoms with E-state index in [0.29, 0.717) is 28.0 Å². The fourth-order valence-corrected chi connectivity index (χ4v) is 4.01. The minimum Gasteiger partial charge on any atom is -0.438 e. The number of hydrogen-bond donors (Lipinski definition) is 1. The summed E-state index contributed by atoms with van der Waals surface area (Å²) < 4.78 is 9.65. The van der Waals surface area contributed by atoms with E-state index in [-0.39, 0.29) is 11.9 Å². The molecule has 2 aromatic rings. The van der Waals surface area contributed by atoms with Crippen LogP contribution in [0, 0.1) is 17.2 Å². The topological polar surface area (TPSA) is 78.2 Å². The van der Waals surface area contributed by atoms with Crippen LogP contribution in [0.4, 0.5) is 0 Å². The fourth-order valence-electron chi connectivity index (χ4n) is 3.54. The van der Waals surface area contributed by atoms with Crippen molar-refractivity contribution in [2.45, 2.75) is 18.9 Å². The van der Waals surface area contributed by atoms with E-state index in [1.54, 1.807) is 30.3 Å². The summed E-state index contributed by atoms with van der Waals surface area (Å²) in [5, 5.41) is 12.0. The van der Waals surface area contributed by atoms with Gasteiger partial charge >= 0.3 is 0 Å². The number of benzene rings is 1. The maximum atomic E-state index is 12.5. The Morgan fingerprint density at radius 2 is 2.08 bits per heavy atom. The molecule has 128 valence electrons. The zero-order valence-electron chi connectivity index (χ0n) is 13.6. The van der Waals surface area contributed by atoms with Crippen molar-refractivity contribution in [1.82, 2.24) is 14.6 Å². The van der Waals surface area contributed by atoms with Gasteiger partial charge in [-0.05, 0) is 67.6 Å². The molecule has 1 amide bonds. The van der Waals surface area contributed by atoms with Gasteiger partial charge in [-0.25, -0.2) is 0 Å². The highest BCUT2D eigenvalue weighted by Gasteiger charge is 2.34. The van der Waals surface area contributed by atoms with Crippen molar-refractivity contribution >= 4 is 17.4 Å². The fraction of sp³-hybridized carbons (Fsp3) is 0.389. The molecular weight excluding hydrogens is 336 g/mol. The van der Waals surface area contributed by atoms with Crippen molar-refractivity contribution in [2.24, 2.45) is 5.92 Å². The number of hydrogen-bond acceptors (Lipinski definition) is 6. The highest BCUT2D eigenvalue weighted by Crippen LogP contribution is 2.28. The molecule has 4 heterocycles. The molecule has 25 heavy (non-hydrogen) atoms. The Kier molecular flexibility index (Phi) is 4.38. The number of ether oxygens (including phenoxy) is 1. The molecule has 0 aliphatic carbocycles. The highest BCUT2D eigenvalue weighted by atomic mass is 32.1. The van der Waals surface area contributed by atoms with E-state index in [9.17, 15) is 4.79 Å². The van der Waals surface area contributed by atoms with Crippen molar-refractivity contribution in [3.8, 4) is 17.7 Å². The summed E-state index contributed by atoms with van der Waals surface area (Å²) >= 11 is 1.10. The van der Waals surface area contributed by atoms with Gasteiger partial charge in [0.25, 0.3) is 5.91 Å². The minimum atomic E-state index is -0.0364. The van der Waals surface area contributed by atoms with E-state index in [1.807, 2.05) is 6.07 Å². The molecule has 3 fully saturated rings. The number of fused-ring (bicyclic) bond motifs is 3.